The summed E-state index contributed by atoms with van der Waals surface area (Å²) in [5, 5.41) is 20.5. The van der Waals surface area contributed by atoms with Gasteiger partial charge in [0, 0.05) is 55.4 Å². The van der Waals surface area contributed by atoms with Crippen LogP contribution in [0.2, 0.25) is 0 Å². The Kier molecular flexibility index (Phi) is 5.23. The standard InChI is InChI=1S/C23H24N6O2/c30-19-4-7-29(8-5-19)14-15-9-17(12-25-11-15)16-1-2-21-20(10-16)22(28-27-21)23(31)26-18-3-6-24-13-18/h1-3,6,9-13,19,24,30H,4-5,7-8,14H2,(H,26,31)(H,27,28). The number of amides is 1. The van der Waals surface area contributed by atoms with Crippen molar-refractivity contribution in [2.75, 3.05) is 18.4 Å². The highest BCUT2D eigenvalue weighted by Gasteiger charge is 2.18. The topological polar surface area (TPSA) is 110 Å². The molecule has 4 N–H and O–H groups in total. The van der Waals surface area contributed by atoms with Crippen LogP contribution in [0.3, 0.4) is 0 Å². The Balaban J connectivity index is 1.39. The summed E-state index contributed by atoms with van der Waals surface area (Å²) in [5.41, 5.74) is 4.96. The third-order valence-electron chi connectivity index (χ3n) is 5.73. The molecule has 4 aromatic rings. The SMILES string of the molecule is O=C(Nc1cc[nH]c1)c1n[nH]c2ccc(-c3cncc(CN4CCC(O)CC4)c3)cc12. The molecule has 8 nitrogen and oxygen atoms in total. The van der Waals surface area contributed by atoms with Crippen molar-refractivity contribution >= 4 is 22.5 Å². The summed E-state index contributed by atoms with van der Waals surface area (Å²) in [6.45, 7) is 2.60. The largest absolute Gasteiger partial charge is 0.393 e. The van der Waals surface area contributed by atoms with Crippen molar-refractivity contribution < 1.29 is 9.90 Å². The number of piperidine rings is 1. The van der Waals surface area contributed by atoms with Gasteiger partial charge in [0.05, 0.1) is 17.3 Å². The van der Waals surface area contributed by atoms with Crippen LogP contribution >= 0.6 is 0 Å². The highest BCUT2D eigenvalue weighted by Crippen LogP contribution is 2.26. The van der Waals surface area contributed by atoms with Gasteiger partial charge in [-0.1, -0.05) is 6.07 Å². The first-order chi connectivity index (χ1) is 15.2. The molecule has 1 aliphatic rings. The predicted molar refractivity (Wildman–Crippen MR) is 119 cm³/mol. The minimum atomic E-state index is -0.262. The molecular weight excluding hydrogens is 392 g/mol. The number of rotatable bonds is 5. The van der Waals surface area contributed by atoms with Gasteiger partial charge in [-0.25, -0.2) is 0 Å². The third-order valence-corrected chi connectivity index (χ3v) is 5.73. The van der Waals surface area contributed by atoms with E-state index >= 15 is 0 Å². The number of fused-ring (bicyclic) bond motifs is 1. The summed E-state index contributed by atoms with van der Waals surface area (Å²) < 4.78 is 0. The Morgan fingerprint density at radius 2 is 2.03 bits per heavy atom. The van der Waals surface area contributed by atoms with E-state index in [0.717, 1.165) is 60.1 Å². The van der Waals surface area contributed by atoms with Crippen molar-refractivity contribution in [3.63, 3.8) is 0 Å². The maximum atomic E-state index is 12.7. The number of carbonyl (C=O) groups is 1. The predicted octanol–water partition coefficient (Wildman–Crippen LogP) is 3.16. The number of anilines is 1. The van der Waals surface area contributed by atoms with Crippen LogP contribution in [-0.4, -0.2) is 55.3 Å². The summed E-state index contributed by atoms with van der Waals surface area (Å²) >= 11 is 0. The van der Waals surface area contributed by atoms with Gasteiger partial charge in [-0.3, -0.25) is 19.8 Å². The zero-order valence-corrected chi connectivity index (χ0v) is 17.0. The van der Waals surface area contributed by atoms with E-state index in [0.29, 0.717) is 11.4 Å². The van der Waals surface area contributed by atoms with E-state index in [1.54, 1.807) is 18.5 Å². The van der Waals surface area contributed by atoms with Crippen molar-refractivity contribution in [3.05, 3.63) is 66.4 Å². The number of hydrogen-bond acceptors (Lipinski definition) is 5. The number of aliphatic hydroxyl groups excluding tert-OH is 1. The molecule has 4 heterocycles. The van der Waals surface area contributed by atoms with E-state index in [-0.39, 0.29) is 12.0 Å². The van der Waals surface area contributed by atoms with E-state index in [1.165, 1.54) is 0 Å². The Morgan fingerprint density at radius 3 is 2.84 bits per heavy atom. The number of H-pyrrole nitrogens is 2. The van der Waals surface area contributed by atoms with E-state index in [2.05, 4.69) is 36.4 Å². The smallest absolute Gasteiger partial charge is 0.276 e. The Hall–Kier alpha value is -3.49. The van der Waals surface area contributed by atoms with Crippen LogP contribution < -0.4 is 5.32 Å². The van der Waals surface area contributed by atoms with Crippen LogP contribution in [-0.2, 0) is 6.54 Å². The maximum absolute atomic E-state index is 12.7. The molecule has 1 aliphatic heterocycles. The van der Waals surface area contributed by atoms with Gasteiger partial charge in [0.1, 0.15) is 0 Å². The number of aromatic nitrogens is 4. The lowest BCUT2D eigenvalue weighted by atomic mass is 10.0. The van der Waals surface area contributed by atoms with Crippen molar-refractivity contribution in [1.29, 1.82) is 0 Å². The molecule has 0 saturated carbocycles. The average molecular weight is 416 g/mol. The molecular formula is C23H24N6O2. The Morgan fingerprint density at radius 1 is 1.16 bits per heavy atom. The summed E-state index contributed by atoms with van der Waals surface area (Å²) in [5.74, 6) is -0.262. The molecule has 3 aromatic heterocycles. The number of nitrogens with zero attached hydrogens (tertiary/aromatic N) is 3. The first-order valence-electron chi connectivity index (χ1n) is 10.4. The number of hydrogen-bond donors (Lipinski definition) is 4. The number of likely N-dealkylation sites (tertiary alicyclic amines) is 1. The molecule has 0 spiro atoms. The lowest BCUT2D eigenvalue weighted by Gasteiger charge is -2.29. The fraction of sp³-hybridized carbons (Fsp3) is 0.261. The highest BCUT2D eigenvalue weighted by molar-refractivity contribution is 6.11. The quantitative estimate of drug-likeness (QED) is 0.399. The van der Waals surface area contributed by atoms with Gasteiger partial charge >= 0.3 is 0 Å². The minimum Gasteiger partial charge on any atom is -0.393 e. The molecule has 0 bridgehead atoms. The number of nitrogens with one attached hydrogen (secondary N) is 3. The van der Waals surface area contributed by atoms with Crippen LogP contribution in [0.5, 0.6) is 0 Å². The molecule has 5 rings (SSSR count). The summed E-state index contributed by atoms with van der Waals surface area (Å²) in [6.07, 6.45) is 8.66. The Labute approximate surface area is 179 Å². The second-order valence-corrected chi connectivity index (χ2v) is 7.98. The van der Waals surface area contributed by atoms with Crippen LogP contribution in [0.25, 0.3) is 22.0 Å². The molecule has 8 heteroatoms. The Bertz CT molecular complexity index is 1190. The van der Waals surface area contributed by atoms with Crippen molar-refractivity contribution in [2.24, 2.45) is 0 Å². The molecule has 1 saturated heterocycles. The van der Waals surface area contributed by atoms with Gasteiger partial charge in [-0.15, -0.1) is 0 Å². The first-order valence-corrected chi connectivity index (χ1v) is 10.4. The molecule has 1 aromatic carbocycles. The zero-order chi connectivity index (χ0) is 21.2. The van der Waals surface area contributed by atoms with Gasteiger partial charge in [0.25, 0.3) is 5.91 Å². The maximum Gasteiger partial charge on any atom is 0.276 e. The molecule has 31 heavy (non-hydrogen) atoms. The van der Waals surface area contributed by atoms with Crippen molar-refractivity contribution in [2.45, 2.75) is 25.5 Å². The second-order valence-electron chi connectivity index (χ2n) is 7.98. The lowest BCUT2D eigenvalue weighted by Crippen LogP contribution is -2.35. The van der Waals surface area contributed by atoms with Crippen LogP contribution in [0.4, 0.5) is 5.69 Å². The number of carbonyl (C=O) groups excluding carboxylic acids is 1. The van der Waals surface area contributed by atoms with Crippen molar-refractivity contribution in [1.82, 2.24) is 25.1 Å². The van der Waals surface area contributed by atoms with Gasteiger partial charge in [-0.05, 0) is 48.2 Å². The number of pyridine rings is 1. The van der Waals surface area contributed by atoms with E-state index in [4.69, 9.17) is 0 Å². The molecule has 0 radical (unpaired) electrons. The molecule has 0 unspecified atom stereocenters. The van der Waals surface area contributed by atoms with Crippen LogP contribution in [0.1, 0.15) is 28.9 Å². The number of benzene rings is 1. The summed E-state index contributed by atoms with van der Waals surface area (Å²) in [6, 6.07) is 9.84. The summed E-state index contributed by atoms with van der Waals surface area (Å²) in [4.78, 5) is 22.4. The normalized spacial score (nSPS) is 15.4. The monoisotopic (exact) mass is 416 g/mol. The molecule has 0 aliphatic carbocycles. The number of aromatic amines is 2. The molecule has 158 valence electrons. The minimum absolute atomic E-state index is 0.175. The lowest BCUT2D eigenvalue weighted by molar-refractivity contribution is 0.0792. The molecule has 1 fully saturated rings. The average Bonchev–Trinajstić information content (AvgIpc) is 3.45. The van der Waals surface area contributed by atoms with E-state index in [9.17, 15) is 9.90 Å². The van der Waals surface area contributed by atoms with Gasteiger partial charge in [0.2, 0.25) is 0 Å². The second kappa shape index (κ2) is 8.33. The van der Waals surface area contributed by atoms with Gasteiger partial charge < -0.3 is 15.4 Å². The third kappa shape index (κ3) is 4.21. The fourth-order valence-corrected chi connectivity index (χ4v) is 4.03. The van der Waals surface area contributed by atoms with E-state index in [1.807, 2.05) is 30.6 Å². The van der Waals surface area contributed by atoms with Crippen LogP contribution in [0, 0.1) is 0 Å². The fourth-order valence-electron chi connectivity index (χ4n) is 4.03. The molecule has 0 atom stereocenters. The van der Waals surface area contributed by atoms with E-state index < -0.39 is 0 Å². The van der Waals surface area contributed by atoms with Crippen molar-refractivity contribution in [3.8, 4) is 11.1 Å². The van der Waals surface area contributed by atoms with Gasteiger partial charge in [-0.2, -0.15) is 5.10 Å². The van der Waals surface area contributed by atoms with Gasteiger partial charge in [0.15, 0.2) is 5.69 Å². The summed E-state index contributed by atoms with van der Waals surface area (Å²) in [7, 11) is 0. The first kappa shape index (κ1) is 19.5. The zero-order valence-electron chi connectivity index (χ0n) is 17.0. The molecule has 1 amide bonds. The number of aliphatic hydroxyl groups is 1. The van der Waals surface area contributed by atoms with Crippen LogP contribution in [0.15, 0.2) is 55.1 Å². The highest BCUT2D eigenvalue weighted by atomic mass is 16.3.